The molecule has 0 heterocycles. The van der Waals surface area contributed by atoms with Gasteiger partial charge in [-0.2, -0.15) is 0 Å². The molecule has 1 amide bonds. The van der Waals surface area contributed by atoms with E-state index in [-0.39, 0.29) is 18.3 Å². The molecular weight excluding hydrogens is 378 g/mol. The third kappa shape index (κ3) is 5.88. The molecule has 0 aliphatic heterocycles. The molecule has 0 radical (unpaired) electrons. The Kier molecular flexibility index (Phi) is 7.11. The van der Waals surface area contributed by atoms with Crippen LogP contribution in [0.25, 0.3) is 11.1 Å². The molecule has 0 bridgehead atoms. The van der Waals surface area contributed by atoms with Gasteiger partial charge in [-0.25, -0.2) is 4.79 Å². The van der Waals surface area contributed by atoms with Gasteiger partial charge in [0.2, 0.25) is 5.91 Å². The van der Waals surface area contributed by atoms with Crippen LogP contribution in [0.1, 0.15) is 22.8 Å². The second-order valence-electron chi connectivity index (χ2n) is 6.92. The number of ketones is 1. The molecule has 152 valence electrons. The largest absolute Gasteiger partial charge is 0.456 e. The smallest absolute Gasteiger partial charge is 0.329 e. The number of hydrogen-bond acceptors (Lipinski definition) is 4. The molecular formula is C25H23NO4. The third-order valence-electron chi connectivity index (χ3n) is 4.60. The molecule has 0 fully saturated rings. The molecule has 0 aliphatic rings. The fourth-order valence-electron chi connectivity index (χ4n) is 3.09. The normalized spacial score (nSPS) is 11.4. The number of nitrogens with one attached hydrogen (secondary N) is 1. The average Bonchev–Trinajstić information content (AvgIpc) is 2.78. The van der Waals surface area contributed by atoms with Crippen LogP contribution in [0, 0.1) is 0 Å². The van der Waals surface area contributed by atoms with Gasteiger partial charge in [0, 0.05) is 18.9 Å². The maximum absolute atomic E-state index is 12.5. The van der Waals surface area contributed by atoms with Crippen molar-refractivity contribution < 1.29 is 19.1 Å². The van der Waals surface area contributed by atoms with Crippen LogP contribution < -0.4 is 5.32 Å². The number of carbonyl (C=O) groups excluding carboxylic acids is 3. The van der Waals surface area contributed by atoms with Crippen molar-refractivity contribution in [1.82, 2.24) is 5.32 Å². The summed E-state index contributed by atoms with van der Waals surface area (Å²) in [6.45, 7) is 0.957. The number of carbonyl (C=O) groups is 3. The van der Waals surface area contributed by atoms with E-state index in [1.165, 1.54) is 6.92 Å². The van der Waals surface area contributed by atoms with Gasteiger partial charge in [0.25, 0.3) is 0 Å². The maximum Gasteiger partial charge on any atom is 0.329 e. The van der Waals surface area contributed by atoms with Gasteiger partial charge >= 0.3 is 5.97 Å². The number of hydrogen-bond donors (Lipinski definition) is 1. The fraction of sp³-hybridized carbons (Fsp3) is 0.160. The van der Waals surface area contributed by atoms with Crippen molar-refractivity contribution in [2.24, 2.45) is 0 Å². The van der Waals surface area contributed by atoms with Crippen molar-refractivity contribution in [3.8, 4) is 11.1 Å². The molecule has 0 aliphatic carbocycles. The Morgan fingerprint density at radius 1 is 0.800 bits per heavy atom. The van der Waals surface area contributed by atoms with Gasteiger partial charge < -0.3 is 10.1 Å². The molecule has 3 rings (SSSR count). The zero-order valence-electron chi connectivity index (χ0n) is 16.7. The highest BCUT2D eigenvalue weighted by Gasteiger charge is 2.22. The van der Waals surface area contributed by atoms with Crippen LogP contribution in [0.4, 0.5) is 0 Å². The summed E-state index contributed by atoms with van der Waals surface area (Å²) in [5.41, 5.74) is 3.40. The molecule has 1 atom stereocenters. The molecule has 0 unspecified atom stereocenters. The lowest BCUT2D eigenvalue weighted by Crippen LogP contribution is -2.42. The quantitative estimate of drug-likeness (QED) is 0.460. The van der Waals surface area contributed by atoms with Crippen LogP contribution in [0.5, 0.6) is 0 Å². The summed E-state index contributed by atoms with van der Waals surface area (Å²) in [7, 11) is 0. The van der Waals surface area contributed by atoms with Crippen molar-refractivity contribution >= 4 is 17.7 Å². The van der Waals surface area contributed by atoms with Gasteiger partial charge in [-0.05, 0) is 16.7 Å². The lowest BCUT2D eigenvalue weighted by molar-refractivity contribution is -0.146. The van der Waals surface area contributed by atoms with Crippen LogP contribution >= 0.6 is 0 Å². The van der Waals surface area contributed by atoms with Crippen molar-refractivity contribution in [3.63, 3.8) is 0 Å². The van der Waals surface area contributed by atoms with E-state index in [9.17, 15) is 14.4 Å². The van der Waals surface area contributed by atoms with E-state index in [0.29, 0.717) is 12.0 Å². The van der Waals surface area contributed by atoms with Crippen LogP contribution in [0.15, 0.2) is 84.9 Å². The number of ether oxygens (including phenoxy) is 1. The minimum Gasteiger partial charge on any atom is -0.456 e. The molecule has 5 heteroatoms. The van der Waals surface area contributed by atoms with Crippen LogP contribution in [0.3, 0.4) is 0 Å². The van der Waals surface area contributed by atoms with Gasteiger partial charge in [0.1, 0.15) is 6.04 Å². The average molecular weight is 401 g/mol. The van der Waals surface area contributed by atoms with Gasteiger partial charge in [-0.1, -0.05) is 84.9 Å². The standard InChI is InChI=1S/C25H23NO4/c1-18(27)26-23(16-19-8-4-2-5-9-19)25(29)30-17-24(28)22-14-12-21(13-15-22)20-10-6-3-7-11-20/h2-15,23H,16-17H2,1H3,(H,26,27)/t23-/m1/s1. The predicted molar refractivity (Wildman–Crippen MR) is 115 cm³/mol. The summed E-state index contributed by atoms with van der Waals surface area (Å²) in [4.78, 5) is 36.4. The second-order valence-corrected chi connectivity index (χ2v) is 6.92. The molecule has 0 saturated heterocycles. The van der Waals surface area contributed by atoms with E-state index in [1.807, 2.05) is 72.8 Å². The highest BCUT2D eigenvalue weighted by atomic mass is 16.5. The van der Waals surface area contributed by atoms with E-state index in [0.717, 1.165) is 16.7 Å². The Balaban J connectivity index is 1.60. The lowest BCUT2D eigenvalue weighted by Gasteiger charge is -2.16. The fourth-order valence-corrected chi connectivity index (χ4v) is 3.09. The van der Waals surface area contributed by atoms with E-state index < -0.39 is 12.0 Å². The predicted octanol–water partition coefficient (Wildman–Crippen LogP) is 3.83. The first-order valence-electron chi connectivity index (χ1n) is 9.69. The van der Waals surface area contributed by atoms with Crippen LogP contribution in [0.2, 0.25) is 0 Å². The molecule has 1 N–H and O–H groups in total. The molecule has 5 nitrogen and oxygen atoms in total. The molecule has 30 heavy (non-hydrogen) atoms. The number of Topliss-reactive ketones (excluding diaryl/α,β-unsaturated/α-hetero) is 1. The lowest BCUT2D eigenvalue weighted by atomic mass is 10.0. The maximum atomic E-state index is 12.5. The minimum absolute atomic E-state index is 0.291. The Morgan fingerprint density at radius 3 is 1.97 bits per heavy atom. The third-order valence-corrected chi connectivity index (χ3v) is 4.60. The van der Waals surface area contributed by atoms with Gasteiger partial charge in [-0.15, -0.1) is 0 Å². The summed E-state index contributed by atoms with van der Waals surface area (Å²) in [5, 5.41) is 2.59. The number of benzene rings is 3. The monoisotopic (exact) mass is 401 g/mol. The van der Waals surface area contributed by atoms with E-state index in [2.05, 4.69) is 5.32 Å². The highest BCUT2D eigenvalue weighted by molar-refractivity contribution is 5.98. The van der Waals surface area contributed by atoms with E-state index >= 15 is 0 Å². The minimum atomic E-state index is -0.849. The Bertz CT molecular complexity index is 998. The van der Waals surface area contributed by atoms with Gasteiger partial charge in [0.05, 0.1) is 0 Å². The second kappa shape index (κ2) is 10.2. The van der Waals surface area contributed by atoms with Crippen LogP contribution in [-0.4, -0.2) is 30.3 Å². The number of amides is 1. The summed E-state index contributed by atoms with van der Waals surface area (Å²) in [5.74, 6) is -1.27. The number of esters is 1. The van der Waals surface area contributed by atoms with E-state index in [4.69, 9.17) is 4.74 Å². The summed E-state index contributed by atoms with van der Waals surface area (Å²) in [6, 6.07) is 25.5. The Morgan fingerprint density at radius 2 is 1.37 bits per heavy atom. The Labute approximate surface area is 175 Å². The summed E-state index contributed by atoms with van der Waals surface area (Å²) < 4.78 is 5.21. The van der Waals surface area contributed by atoms with Crippen LogP contribution in [-0.2, 0) is 20.7 Å². The van der Waals surface area contributed by atoms with Crippen molar-refractivity contribution in [1.29, 1.82) is 0 Å². The van der Waals surface area contributed by atoms with E-state index in [1.54, 1.807) is 12.1 Å². The molecule has 0 saturated carbocycles. The first-order chi connectivity index (χ1) is 14.5. The topological polar surface area (TPSA) is 72.5 Å². The molecule has 3 aromatic rings. The first-order valence-corrected chi connectivity index (χ1v) is 9.69. The van der Waals surface area contributed by atoms with Crippen molar-refractivity contribution in [3.05, 3.63) is 96.1 Å². The highest BCUT2D eigenvalue weighted by Crippen LogP contribution is 2.19. The van der Waals surface area contributed by atoms with Crippen molar-refractivity contribution in [2.75, 3.05) is 6.61 Å². The molecule has 0 spiro atoms. The molecule has 0 aromatic heterocycles. The zero-order valence-corrected chi connectivity index (χ0v) is 16.7. The van der Waals surface area contributed by atoms with Crippen molar-refractivity contribution in [2.45, 2.75) is 19.4 Å². The first kappa shape index (κ1) is 21.0. The summed E-state index contributed by atoms with van der Waals surface area (Å²) in [6.07, 6.45) is 0.291. The SMILES string of the molecule is CC(=O)N[C@H](Cc1ccccc1)C(=O)OCC(=O)c1ccc(-c2ccccc2)cc1. The molecule has 3 aromatic carbocycles. The summed E-state index contributed by atoms with van der Waals surface area (Å²) >= 11 is 0. The Hall–Kier alpha value is -3.73. The zero-order chi connectivity index (χ0) is 21.3. The van der Waals surface area contributed by atoms with Gasteiger partial charge in [-0.3, -0.25) is 9.59 Å². The van der Waals surface area contributed by atoms with Gasteiger partial charge in [0.15, 0.2) is 12.4 Å². The number of rotatable bonds is 8.